The van der Waals surface area contributed by atoms with Crippen LogP contribution in [0, 0.1) is 11.3 Å². The summed E-state index contributed by atoms with van der Waals surface area (Å²) < 4.78 is 1.79. The van der Waals surface area contributed by atoms with Gasteiger partial charge in [0.25, 0.3) is 0 Å². The van der Waals surface area contributed by atoms with Gasteiger partial charge >= 0.3 is 0 Å². The highest BCUT2D eigenvalue weighted by atomic mass is 35.5. The molecule has 29 heavy (non-hydrogen) atoms. The summed E-state index contributed by atoms with van der Waals surface area (Å²) in [6.07, 6.45) is 5.60. The number of aromatic nitrogens is 4. The lowest BCUT2D eigenvalue weighted by atomic mass is 10.1. The van der Waals surface area contributed by atoms with Crippen LogP contribution in [-0.4, -0.2) is 19.5 Å². The van der Waals surface area contributed by atoms with Crippen molar-refractivity contribution in [1.82, 2.24) is 19.5 Å². The Kier molecular flexibility index (Phi) is 5.43. The number of hydrogen-bond donors (Lipinski definition) is 1. The highest BCUT2D eigenvalue weighted by Crippen LogP contribution is 2.27. The third kappa shape index (κ3) is 4.37. The zero-order valence-electron chi connectivity index (χ0n) is 15.0. The number of nitrogens with zero attached hydrogens (tertiary/aromatic N) is 5. The molecule has 2 heterocycles. The minimum Gasteiger partial charge on any atom is -0.324 e. The number of halogens is 2. The van der Waals surface area contributed by atoms with E-state index in [9.17, 15) is 0 Å². The molecule has 4 rings (SSSR count). The molecule has 8 heteroatoms. The van der Waals surface area contributed by atoms with Crippen molar-refractivity contribution in [2.24, 2.45) is 0 Å². The minimum atomic E-state index is 0.416. The molecule has 0 aliphatic carbocycles. The van der Waals surface area contributed by atoms with Crippen molar-refractivity contribution < 1.29 is 0 Å². The molecule has 0 amide bonds. The van der Waals surface area contributed by atoms with Crippen LogP contribution in [0.3, 0.4) is 0 Å². The van der Waals surface area contributed by atoms with Crippen molar-refractivity contribution in [2.45, 2.75) is 6.42 Å². The Labute approximate surface area is 177 Å². The second-order valence-corrected chi connectivity index (χ2v) is 7.02. The quantitative estimate of drug-likeness (QED) is 0.481. The zero-order valence-corrected chi connectivity index (χ0v) is 16.6. The number of anilines is 2. The van der Waals surface area contributed by atoms with E-state index >= 15 is 0 Å². The number of nitrogens with one attached hydrogen (secondary N) is 1. The van der Waals surface area contributed by atoms with Gasteiger partial charge in [0.15, 0.2) is 0 Å². The molecular formula is C21H14Cl2N6. The van der Waals surface area contributed by atoms with Crippen molar-refractivity contribution in [3.05, 3.63) is 94.1 Å². The Hall–Kier alpha value is -3.40. The van der Waals surface area contributed by atoms with Gasteiger partial charge in [-0.1, -0.05) is 29.3 Å². The van der Waals surface area contributed by atoms with Gasteiger partial charge in [-0.25, -0.2) is 9.97 Å². The van der Waals surface area contributed by atoms with E-state index < -0.39 is 0 Å². The predicted molar refractivity (Wildman–Crippen MR) is 113 cm³/mol. The van der Waals surface area contributed by atoms with Crippen molar-refractivity contribution in [3.63, 3.8) is 0 Å². The van der Waals surface area contributed by atoms with Crippen LogP contribution >= 0.6 is 23.2 Å². The highest BCUT2D eigenvalue weighted by Gasteiger charge is 2.12. The molecule has 0 saturated heterocycles. The summed E-state index contributed by atoms with van der Waals surface area (Å²) in [5.41, 5.74) is 2.90. The van der Waals surface area contributed by atoms with Gasteiger partial charge in [0.1, 0.15) is 12.1 Å². The van der Waals surface area contributed by atoms with Crippen LogP contribution in [0.25, 0.3) is 5.82 Å². The SMILES string of the molecule is N#Cc1ccc(Nc2nc(Cc3c(Cl)cccc3Cl)cc(-n3ccnc3)n2)cc1. The van der Waals surface area contributed by atoms with Gasteiger partial charge in [0, 0.05) is 40.6 Å². The first-order valence-corrected chi connectivity index (χ1v) is 9.44. The topological polar surface area (TPSA) is 79.4 Å². The lowest BCUT2D eigenvalue weighted by molar-refractivity contribution is 0.943. The van der Waals surface area contributed by atoms with Crippen molar-refractivity contribution in [3.8, 4) is 11.9 Å². The number of hydrogen-bond acceptors (Lipinski definition) is 5. The van der Waals surface area contributed by atoms with Crippen molar-refractivity contribution in [1.29, 1.82) is 5.26 Å². The van der Waals surface area contributed by atoms with Crippen LogP contribution in [0.1, 0.15) is 16.8 Å². The number of imidazole rings is 1. The molecular weight excluding hydrogens is 407 g/mol. The molecule has 2 aromatic heterocycles. The van der Waals surface area contributed by atoms with Gasteiger partial charge in [-0.3, -0.25) is 4.57 Å². The number of benzene rings is 2. The second kappa shape index (κ2) is 8.31. The first-order valence-electron chi connectivity index (χ1n) is 8.69. The van der Waals surface area contributed by atoms with Gasteiger partial charge in [-0.2, -0.15) is 10.2 Å². The molecule has 0 fully saturated rings. The van der Waals surface area contributed by atoms with E-state index in [2.05, 4.69) is 26.3 Å². The molecule has 0 atom stereocenters. The van der Waals surface area contributed by atoms with Gasteiger partial charge in [-0.15, -0.1) is 0 Å². The van der Waals surface area contributed by atoms with Crippen LogP contribution in [-0.2, 0) is 6.42 Å². The molecule has 0 bridgehead atoms. The van der Waals surface area contributed by atoms with Gasteiger partial charge < -0.3 is 5.32 Å². The largest absolute Gasteiger partial charge is 0.324 e. The molecule has 0 aliphatic heterocycles. The van der Waals surface area contributed by atoms with Crippen LogP contribution in [0.15, 0.2) is 67.3 Å². The molecule has 6 nitrogen and oxygen atoms in total. The van der Waals surface area contributed by atoms with Gasteiger partial charge in [-0.05, 0) is 42.0 Å². The van der Waals surface area contributed by atoms with Gasteiger partial charge in [0.05, 0.1) is 17.3 Å². The van der Waals surface area contributed by atoms with E-state index in [1.807, 2.05) is 12.1 Å². The van der Waals surface area contributed by atoms with Crippen molar-refractivity contribution >= 4 is 34.8 Å². The normalized spacial score (nSPS) is 10.5. The summed E-state index contributed by atoms with van der Waals surface area (Å²) in [4.78, 5) is 13.3. The van der Waals surface area contributed by atoms with Crippen molar-refractivity contribution in [2.75, 3.05) is 5.32 Å². The first kappa shape index (κ1) is 18.9. The Balaban J connectivity index is 1.72. The summed E-state index contributed by atoms with van der Waals surface area (Å²) in [6, 6.07) is 16.4. The monoisotopic (exact) mass is 420 g/mol. The van der Waals surface area contributed by atoms with Gasteiger partial charge in [0.2, 0.25) is 5.95 Å². The summed E-state index contributed by atoms with van der Waals surface area (Å²) in [6.45, 7) is 0. The standard InChI is InChI=1S/C21H14Cl2N6/c22-18-2-1-3-19(23)17(18)10-16-11-20(29-9-8-25-13-29)28-21(27-16)26-15-6-4-14(12-24)5-7-15/h1-9,11,13H,10H2,(H,26,27,28). The lowest BCUT2D eigenvalue weighted by Gasteiger charge is -2.12. The van der Waals surface area contributed by atoms with E-state index in [4.69, 9.17) is 28.5 Å². The highest BCUT2D eigenvalue weighted by molar-refractivity contribution is 6.36. The smallest absolute Gasteiger partial charge is 0.229 e. The van der Waals surface area contributed by atoms with E-state index in [1.165, 1.54) is 0 Å². The Morgan fingerprint density at radius 1 is 1.03 bits per heavy atom. The van der Waals surface area contributed by atoms with Crippen LogP contribution in [0.4, 0.5) is 11.6 Å². The molecule has 0 aliphatic rings. The maximum absolute atomic E-state index is 8.96. The maximum atomic E-state index is 8.96. The van der Waals surface area contributed by atoms with Crippen LogP contribution in [0.5, 0.6) is 0 Å². The minimum absolute atomic E-state index is 0.416. The molecule has 0 spiro atoms. The molecule has 0 radical (unpaired) electrons. The number of rotatable bonds is 5. The molecule has 2 aromatic carbocycles. The molecule has 0 saturated carbocycles. The van der Waals surface area contributed by atoms with Crippen LogP contribution in [0.2, 0.25) is 10.0 Å². The predicted octanol–water partition coefficient (Wildman–Crippen LogP) is 5.18. The lowest BCUT2D eigenvalue weighted by Crippen LogP contribution is -2.06. The summed E-state index contributed by atoms with van der Waals surface area (Å²) in [7, 11) is 0. The summed E-state index contributed by atoms with van der Waals surface area (Å²) in [5, 5.41) is 13.3. The fourth-order valence-electron chi connectivity index (χ4n) is 2.80. The number of nitriles is 1. The third-order valence-electron chi connectivity index (χ3n) is 4.22. The average molecular weight is 421 g/mol. The molecule has 1 N–H and O–H groups in total. The van der Waals surface area contributed by atoms with E-state index in [0.717, 1.165) is 16.9 Å². The summed E-state index contributed by atoms with van der Waals surface area (Å²) >= 11 is 12.7. The Morgan fingerprint density at radius 3 is 2.45 bits per heavy atom. The maximum Gasteiger partial charge on any atom is 0.229 e. The first-order chi connectivity index (χ1) is 14.1. The Bertz CT molecular complexity index is 1160. The fraction of sp³-hybridized carbons (Fsp3) is 0.0476. The zero-order chi connectivity index (χ0) is 20.2. The molecule has 0 unspecified atom stereocenters. The van der Waals surface area contributed by atoms with E-state index in [1.54, 1.807) is 59.7 Å². The fourth-order valence-corrected chi connectivity index (χ4v) is 3.33. The van der Waals surface area contributed by atoms with Crippen LogP contribution < -0.4 is 5.32 Å². The summed E-state index contributed by atoms with van der Waals surface area (Å²) in [5.74, 6) is 1.07. The Morgan fingerprint density at radius 2 is 1.79 bits per heavy atom. The van der Waals surface area contributed by atoms with E-state index in [-0.39, 0.29) is 0 Å². The molecule has 142 valence electrons. The third-order valence-corrected chi connectivity index (χ3v) is 4.93. The molecule has 4 aromatic rings. The van der Waals surface area contributed by atoms with E-state index in [0.29, 0.717) is 33.8 Å². The second-order valence-electron chi connectivity index (χ2n) is 6.20. The average Bonchev–Trinajstić information content (AvgIpc) is 3.26.